The molecular formula is C51H82O23. The second kappa shape index (κ2) is 22.2. The lowest BCUT2D eigenvalue weighted by molar-refractivity contribution is -0.389. The van der Waals surface area contributed by atoms with Gasteiger partial charge in [-0.25, -0.2) is 0 Å². The zero-order chi connectivity index (χ0) is 53.5. The first-order valence-corrected chi connectivity index (χ1v) is 26.6. The Balaban J connectivity index is 0.849. The summed E-state index contributed by atoms with van der Waals surface area (Å²) in [6.45, 7) is 10.2. The number of rotatable bonds is 15. The van der Waals surface area contributed by atoms with Crippen molar-refractivity contribution in [3.05, 3.63) is 23.8 Å². The van der Waals surface area contributed by atoms with Crippen LogP contribution in [0.2, 0.25) is 0 Å². The maximum atomic E-state index is 12.1. The zero-order valence-electron chi connectivity index (χ0n) is 42.5. The number of allylic oxidation sites excluding steroid dienone is 1. The highest BCUT2D eigenvalue weighted by Crippen LogP contribution is 2.70. The van der Waals surface area contributed by atoms with E-state index in [0.717, 1.165) is 32.1 Å². The molecule has 5 heterocycles. The molecule has 30 atom stereocenters. The summed E-state index contributed by atoms with van der Waals surface area (Å²) in [4.78, 5) is 0. The van der Waals surface area contributed by atoms with Crippen molar-refractivity contribution in [2.45, 2.75) is 226 Å². The van der Waals surface area contributed by atoms with E-state index >= 15 is 0 Å². The minimum absolute atomic E-state index is 0.0495. The molecule has 0 aromatic heterocycles. The van der Waals surface area contributed by atoms with Crippen LogP contribution in [0.25, 0.3) is 0 Å². The molecular weight excluding hydrogens is 981 g/mol. The van der Waals surface area contributed by atoms with Crippen LogP contribution in [0.15, 0.2) is 23.8 Å². The molecule has 18 unspecified atom stereocenters. The van der Waals surface area contributed by atoms with E-state index in [2.05, 4.69) is 33.4 Å². The van der Waals surface area contributed by atoms with Crippen molar-refractivity contribution in [1.82, 2.24) is 0 Å². The molecule has 14 N–H and O–H groups in total. The summed E-state index contributed by atoms with van der Waals surface area (Å²) in [7, 11) is 0. The van der Waals surface area contributed by atoms with Crippen molar-refractivity contribution in [2.24, 2.45) is 40.4 Å². The Morgan fingerprint density at radius 3 is 1.88 bits per heavy atom. The molecule has 3 saturated carbocycles. The summed E-state index contributed by atoms with van der Waals surface area (Å²) in [5.74, 6) is -0.401. The minimum Gasteiger partial charge on any atom is -0.394 e. The van der Waals surface area contributed by atoms with Crippen molar-refractivity contribution >= 4 is 0 Å². The van der Waals surface area contributed by atoms with E-state index in [4.69, 9.17) is 42.6 Å². The molecule has 23 nitrogen and oxygen atoms in total. The third-order valence-corrected chi connectivity index (χ3v) is 19.2. The van der Waals surface area contributed by atoms with Crippen LogP contribution in [-0.4, -0.2) is 239 Å². The highest BCUT2D eigenvalue weighted by atomic mass is 16.8. The Morgan fingerprint density at radius 2 is 1.23 bits per heavy atom. The van der Waals surface area contributed by atoms with Crippen LogP contribution in [0.4, 0.5) is 0 Å². The number of hydrogen-bond donors (Lipinski definition) is 14. The van der Waals surface area contributed by atoms with Gasteiger partial charge < -0.3 is 114 Å². The number of aliphatic hydroxyl groups excluding tert-OH is 13. The fraction of sp³-hybridized carbons (Fsp3) is 0.922. The van der Waals surface area contributed by atoms with E-state index in [9.17, 15) is 71.5 Å². The summed E-state index contributed by atoms with van der Waals surface area (Å²) < 4.78 is 54.2. The number of hydrogen-bond acceptors (Lipinski definition) is 23. The largest absolute Gasteiger partial charge is 0.394 e. The van der Waals surface area contributed by atoms with E-state index in [0.29, 0.717) is 42.6 Å². The van der Waals surface area contributed by atoms with Crippen LogP contribution in [0.3, 0.4) is 0 Å². The van der Waals surface area contributed by atoms with Gasteiger partial charge >= 0.3 is 0 Å². The third kappa shape index (κ3) is 10.1. The van der Waals surface area contributed by atoms with Crippen LogP contribution in [0.5, 0.6) is 0 Å². The molecule has 5 saturated heterocycles. The fourth-order valence-corrected chi connectivity index (χ4v) is 14.8. The van der Waals surface area contributed by atoms with Gasteiger partial charge in [-0.3, -0.25) is 0 Å². The Hall–Kier alpha value is -1.44. The average molecular weight is 1060 g/mol. The topological polar surface area (TPSA) is 366 Å². The van der Waals surface area contributed by atoms with Crippen molar-refractivity contribution in [3.63, 3.8) is 0 Å². The normalized spacial score (nSPS) is 54.4. The molecule has 0 amide bonds. The lowest BCUT2D eigenvalue weighted by Crippen LogP contribution is -2.67. The number of aliphatic hydroxyl groups is 14. The van der Waals surface area contributed by atoms with Gasteiger partial charge in [-0.1, -0.05) is 44.6 Å². The Labute approximate surface area is 430 Å². The molecule has 74 heavy (non-hydrogen) atoms. The minimum atomic E-state index is -1.86. The van der Waals surface area contributed by atoms with Gasteiger partial charge in [0.25, 0.3) is 0 Å². The Bertz CT molecular complexity index is 1960. The molecule has 23 heteroatoms. The first kappa shape index (κ1) is 57.3. The van der Waals surface area contributed by atoms with Gasteiger partial charge in [0.15, 0.2) is 30.9 Å². The molecule has 424 valence electrons. The first-order chi connectivity index (χ1) is 35.0. The van der Waals surface area contributed by atoms with Gasteiger partial charge in [0, 0.05) is 12.3 Å². The predicted molar refractivity (Wildman–Crippen MR) is 250 cm³/mol. The van der Waals surface area contributed by atoms with Crippen LogP contribution in [0.1, 0.15) is 85.5 Å². The summed E-state index contributed by atoms with van der Waals surface area (Å²) in [6, 6.07) is 0. The lowest BCUT2D eigenvalue weighted by atomic mass is 9.47. The van der Waals surface area contributed by atoms with Crippen LogP contribution in [-0.2, 0) is 42.6 Å². The maximum Gasteiger partial charge on any atom is 0.187 e. The lowest BCUT2D eigenvalue weighted by Gasteiger charge is -2.58. The Kier molecular flexibility index (Phi) is 17.2. The predicted octanol–water partition coefficient (Wildman–Crippen LogP) is -3.09. The number of ether oxygens (including phenoxy) is 9. The SMILES string of the molecule is C=C(CCC1(O)OC2CC3C4CC=C5C[C@@H](OC6OC(CO)C(OC7OC(CO)C(O)[C@@H](O)[C@@H]7O)[C@@H](O)[C@@H]6OC6OC(C)C(O)[C@H](O)[C@@H]6O)CC[C@]5(C)C4CC[C@]3(C)C2[C@@H]1C)COC1OC(CO)C(O)[C@@H](O)[C@@H]1O. The molecule has 4 aliphatic carbocycles. The molecule has 0 bridgehead atoms. The molecule has 9 rings (SSSR count). The highest BCUT2D eigenvalue weighted by molar-refractivity contribution is 5.26. The third-order valence-electron chi connectivity index (χ3n) is 19.2. The van der Waals surface area contributed by atoms with Crippen molar-refractivity contribution in [2.75, 3.05) is 26.4 Å². The standard InChI is InChI=1S/C51H82O23/c1-20(19-66-45-39(61)37(59)34(56)29(16-52)69-45)8-13-51(65)21(2)32-28(74-51)15-27-25-7-6-23-14-24(9-11-49(23,4)26(25)10-12-50(27,32)5)68-48-44(73-46-40(62)36(58)33(55)22(3)67-46)42(64)43(31(18-54)71-48)72-47-41(63)38(60)35(57)30(17-53)70-47/h6,21-22,24-48,52-65H,1,7-19H2,2-5H3/t21-,22?,24-,25?,26?,27?,28?,29?,30?,31?,32?,33?,34?,35?,36-,37+,38+,39-,40-,41-,42+,43?,44-,45?,46?,47?,48?,49-,50-,51?/m0/s1. The van der Waals surface area contributed by atoms with Gasteiger partial charge in [-0.15, -0.1) is 0 Å². The first-order valence-electron chi connectivity index (χ1n) is 26.6. The summed E-state index contributed by atoms with van der Waals surface area (Å²) >= 11 is 0. The van der Waals surface area contributed by atoms with Gasteiger partial charge in [0.05, 0.1) is 44.7 Å². The molecule has 9 aliphatic rings. The van der Waals surface area contributed by atoms with E-state index < -0.39 is 155 Å². The van der Waals surface area contributed by atoms with Crippen LogP contribution < -0.4 is 0 Å². The van der Waals surface area contributed by atoms with Crippen LogP contribution in [0, 0.1) is 40.4 Å². The molecule has 5 aliphatic heterocycles. The highest BCUT2D eigenvalue weighted by Gasteiger charge is 2.68. The van der Waals surface area contributed by atoms with E-state index in [-0.39, 0.29) is 41.8 Å². The van der Waals surface area contributed by atoms with Gasteiger partial charge in [-0.2, -0.15) is 0 Å². The van der Waals surface area contributed by atoms with Crippen LogP contribution >= 0.6 is 0 Å². The van der Waals surface area contributed by atoms with Gasteiger partial charge in [0.2, 0.25) is 0 Å². The van der Waals surface area contributed by atoms with Gasteiger partial charge in [-0.05, 0) is 92.8 Å². The van der Waals surface area contributed by atoms with Crippen molar-refractivity contribution in [3.8, 4) is 0 Å². The molecule has 0 spiro atoms. The number of fused-ring (bicyclic) bond motifs is 7. The molecule has 0 aromatic rings. The smallest absolute Gasteiger partial charge is 0.187 e. The summed E-state index contributed by atoms with van der Waals surface area (Å²) in [6.07, 6.45) is -22.8. The Morgan fingerprint density at radius 1 is 0.649 bits per heavy atom. The molecule has 0 radical (unpaired) electrons. The summed E-state index contributed by atoms with van der Waals surface area (Å²) in [5.41, 5.74) is 1.59. The quantitative estimate of drug-likeness (QED) is 0.0723. The summed E-state index contributed by atoms with van der Waals surface area (Å²) in [5, 5.41) is 148. The fourth-order valence-electron chi connectivity index (χ4n) is 14.8. The van der Waals surface area contributed by atoms with E-state index in [1.165, 1.54) is 12.5 Å². The van der Waals surface area contributed by atoms with E-state index in [1.54, 1.807) is 0 Å². The monoisotopic (exact) mass is 1060 g/mol. The average Bonchev–Trinajstić information content (AvgIpc) is 3.82. The van der Waals surface area contributed by atoms with Gasteiger partial charge in [0.1, 0.15) is 91.6 Å². The van der Waals surface area contributed by atoms with Crippen molar-refractivity contribution in [1.29, 1.82) is 0 Å². The second-order valence-electron chi connectivity index (χ2n) is 23.4. The van der Waals surface area contributed by atoms with E-state index in [1.807, 2.05) is 0 Å². The zero-order valence-corrected chi connectivity index (χ0v) is 42.5. The van der Waals surface area contributed by atoms with Crippen molar-refractivity contribution < 1.29 is 114 Å². The maximum absolute atomic E-state index is 12.1. The second-order valence-corrected chi connectivity index (χ2v) is 23.4. The molecule has 0 aromatic carbocycles. The molecule has 8 fully saturated rings.